The van der Waals surface area contributed by atoms with Crippen molar-refractivity contribution in [2.45, 2.75) is 30.9 Å². The summed E-state index contributed by atoms with van der Waals surface area (Å²) in [6, 6.07) is 1.89. The number of phenolic OH excluding ortho intramolecular Hbond substituents is 2. The fourth-order valence-corrected chi connectivity index (χ4v) is 6.40. The van der Waals surface area contributed by atoms with E-state index in [2.05, 4.69) is 25.8 Å². The Labute approximate surface area is 270 Å². The molecule has 0 saturated carbocycles. The lowest BCUT2D eigenvalue weighted by Crippen LogP contribution is -2.71. The number of carbonyl (C=O) groups is 5. The number of β-lactam (4-membered cyclic amide) rings is 1. The van der Waals surface area contributed by atoms with E-state index in [4.69, 9.17) is 10.6 Å². The summed E-state index contributed by atoms with van der Waals surface area (Å²) in [6.07, 6.45) is 0. The lowest BCUT2D eigenvalue weighted by molar-refractivity contribution is -0.161. The number of H-pyrrole nitrogens is 1. The molecule has 1 aromatic carbocycles. The largest absolute Gasteiger partial charge is 0.504 e. The number of aliphatic carboxylic acids is 2. The smallest absolute Gasteiger partial charge is 0.352 e. The van der Waals surface area contributed by atoms with Crippen molar-refractivity contribution in [1.29, 1.82) is 0 Å². The van der Waals surface area contributed by atoms with E-state index in [-0.39, 0.29) is 45.3 Å². The Morgan fingerprint density at radius 3 is 2.51 bits per heavy atom. The van der Waals surface area contributed by atoms with Crippen LogP contribution in [-0.4, -0.2) is 100.0 Å². The molecule has 4 heterocycles. The number of amides is 3. The Morgan fingerprint density at radius 2 is 1.87 bits per heavy atom. The summed E-state index contributed by atoms with van der Waals surface area (Å²) in [5.41, 5.74) is 2.36. The molecule has 2 aliphatic heterocycles. The zero-order valence-electron chi connectivity index (χ0n) is 24.3. The predicted molar refractivity (Wildman–Crippen MR) is 166 cm³/mol. The van der Waals surface area contributed by atoms with E-state index in [9.17, 15) is 49.2 Å². The highest BCUT2D eigenvalue weighted by Gasteiger charge is 2.54. The third-order valence-electron chi connectivity index (χ3n) is 7.03. The molecule has 3 amide bonds. The van der Waals surface area contributed by atoms with Crippen LogP contribution in [0.15, 0.2) is 44.8 Å². The first-order valence-corrected chi connectivity index (χ1v) is 15.3. The summed E-state index contributed by atoms with van der Waals surface area (Å²) in [4.78, 5) is 88.2. The standard InChI is InChI=1S/C27H25N7O11S2/c1-27(2,25(43)44)45-33-17(13-8-47-26(28)31-13)21(39)32-18-22(40)34-19(24(41)42)9(7-46-23(18)34)6-29-20(38)12-5-14(35)10-3-15(36)16(37)4-11(10)30-12/h3-5,8,18,23,36-37H,6-7H2,1-2H3,(H2,28,31)(H,29,38)(H,30,35)(H,32,39)(H,41,42)(H,43,44)/b33-17-/t18-,23-/m1/s1. The van der Waals surface area contributed by atoms with Crippen molar-refractivity contribution in [2.24, 2.45) is 5.16 Å². The normalized spacial score (nSPS) is 18.0. The SMILES string of the molecule is CC(C)(O/N=C(\C(=O)N[C@@H]1C(=O)N2C(C(=O)O)=C(CNC(=O)c3cc(=O)c4cc(O)c(O)cc4[nH]3)CS[C@H]12)c1csc(N)n1)C(=O)O. The number of thioether (sulfide) groups is 1. The number of hydrogen-bond donors (Lipinski definition) is 8. The first kappa shape index (κ1) is 32.8. The van der Waals surface area contributed by atoms with Crippen LogP contribution in [0.5, 0.6) is 11.5 Å². The Morgan fingerprint density at radius 1 is 1.17 bits per heavy atom. The van der Waals surface area contributed by atoms with Crippen molar-refractivity contribution >= 4 is 74.5 Å². The second-order valence-corrected chi connectivity index (χ2v) is 12.6. The number of anilines is 1. The van der Waals surface area contributed by atoms with E-state index >= 15 is 0 Å². The van der Waals surface area contributed by atoms with Crippen molar-refractivity contribution in [1.82, 2.24) is 25.5 Å². The second kappa shape index (κ2) is 12.3. The van der Waals surface area contributed by atoms with Gasteiger partial charge < -0.3 is 46.6 Å². The zero-order chi connectivity index (χ0) is 34.4. The van der Waals surface area contributed by atoms with E-state index < -0.39 is 75.0 Å². The summed E-state index contributed by atoms with van der Waals surface area (Å²) < 4.78 is 0. The van der Waals surface area contributed by atoms with Gasteiger partial charge in [-0.3, -0.25) is 24.1 Å². The van der Waals surface area contributed by atoms with Gasteiger partial charge in [-0.15, -0.1) is 23.1 Å². The molecule has 0 spiro atoms. The number of aromatic nitrogens is 2. The van der Waals surface area contributed by atoms with Gasteiger partial charge in [-0.25, -0.2) is 14.6 Å². The minimum absolute atomic E-state index is 0.0196. The average molecular weight is 688 g/mol. The summed E-state index contributed by atoms with van der Waals surface area (Å²) >= 11 is 2.09. The quantitative estimate of drug-likeness (QED) is 0.0590. The van der Waals surface area contributed by atoms with Gasteiger partial charge in [0.2, 0.25) is 5.60 Å². The lowest BCUT2D eigenvalue weighted by Gasteiger charge is -2.49. The first-order chi connectivity index (χ1) is 22.1. The number of carboxylic acid groups (broad SMARTS) is 2. The van der Waals surface area contributed by atoms with Crippen LogP contribution in [0.25, 0.3) is 10.9 Å². The van der Waals surface area contributed by atoms with Gasteiger partial charge in [0.25, 0.3) is 17.7 Å². The molecule has 246 valence electrons. The van der Waals surface area contributed by atoms with Crippen LogP contribution in [-0.2, 0) is 24.0 Å². The zero-order valence-corrected chi connectivity index (χ0v) is 25.9. The van der Waals surface area contributed by atoms with Crippen molar-refractivity contribution < 1.29 is 49.2 Å². The molecule has 20 heteroatoms. The molecule has 2 atom stereocenters. The Kier molecular flexibility index (Phi) is 8.56. The number of rotatable bonds is 10. The van der Waals surface area contributed by atoms with Crippen molar-refractivity contribution in [3.05, 3.63) is 56.5 Å². The molecular weight excluding hydrogens is 662 g/mol. The van der Waals surface area contributed by atoms with Gasteiger partial charge in [0.1, 0.15) is 28.5 Å². The average Bonchev–Trinajstić information content (AvgIpc) is 3.44. The summed E-state index contributed by atoms with van der Waals surface area (Å²) in [5, 5.41) is 48.0. The number of benzene rings is 1. The van der Waals surface area contributed by atoms with Gasteiger partial charge in [0, 0.05) is 35.2 Å². The molecule has 0 unspecified atom stereocenters. The number of carboxylic acids is 2. The molecule has 0 radical (unpaired) electrons. The van der Waals surface area contributed by atoms with Gasteiger partial charge >= 0.3 is 11.9 Å². The molecule has 5 rings (SSSR count). The third-order valence-corrected chi connectivity index (χ3v) is 9.04. The highest BCUT2D eigenvalue weighted by Crippen LogP contribution is 2.40. The minimum atomic E-state index is -1.82. The summed E-state index contributed by atoms with van der Waals surface area (Å²) in [6.45, 7) is 2.09. The molecule has 2 aromatic heterocycles. The number of nitrogens with two attached hydrogens (primary N) is 1. The van der Waals surface area contributed by atoms with Crippen LogP contribution in [0.2, 0.25) is 0 Å². The number of hydrogen-bond acceptors (Lipinski definition) is 14. The van der Waals surface area contributed by atoms with Gasteiger partial charge in [0.05, 0.1) is 5.52 Å². The molecule has 3 aromatic rings. The number of nitrogens with zero attached hydrogens (tertiary/aromatic N) is 3. The van der Waals surface area contributed by atoms with E-state index in [0.717, 1.165) is 46.2 Å². The van der Waals surface area contributed by atoms with Crippen molar-refractivity contribution in [3.8, 4) is 11.5 Å². The van der Waals surface area contributed by atoms with Crippen LogP contribution in [0.4, 0.5) is 5.13 Å². The Balaban J connectivity index is 1.32. The number of carbonyl (C=O) groups excluding carboxylic acids is 3. The van der Waals surface area contributed by atoms with E-state index in [1.807, 2.05) is 0 Å². The molecule has 2 aliphatic rings. The fraction of sp³-hybridized carbons (Fsp3) is 0.259. The molecule has 0 bridgehead atoms. The summed E-state index contributed by atoms with van der Waals surface area (Å²) in [5.74, 6) is -6.35. The minimum Gasteiger partial charge on any atom is -0.504 e. The maximum Gasteiger partial charge on any atom is 0.352 e. The summed E-state index contributed by atoms with van der Waals surface area (Å²) in [7, 11) is 0. The number of phenols is 2. The molecule has 9 N–H and O–H groups in total. The lowest BCUT2D eigenvalue weighted by atomic mass is 10.0. The predicted octanol–water partition coefficient (Wildman–Crippen LogP) is -0.269. The van der Waals surface area contributed by atoms with Crippen LogP contribution in [0, 0.1) is 0 Å². The molecule has 1 fully saturated rings. The first-order valence-electron chi connectivity index (χ1n) is 13.4. The number of fused-ring (bicyclic) bond motifs is 2. The van der Waals surface area contributed by atoms with Gasteiger partial charge in [-0.2, -0.15) is 0 Å². The van der Waals surface area contributed by atoms with Gasteiger partial charge in [-0.05, 0) is 25.5 Å². The van der Waals surface area contributed by atoms with Crippen LogP contribution >= 0.6 is 23.1 Å². The second-order valence-electron chi connectivity index (χ2n) is 10.7. The maximum atomic E-state index is 13.2. The van der Waals surface area contributed by atoms with E-state index in [0.29, 0.717) is 0 Å². The van der Waals surface area contributed by atoms with Gasteiger partial charge in [0.15, 0.2) is 27.8 Å². The van der Waals surface area contributed by atoms with Crippen LogP contribution in [0.3, 0.4) is 0 Å². The van der Waals surface area contributed by atoms with Crippen molar-refractivity contribution in [3.63, 3.8) is 0 Å². The molecule has 47 heavy (non-hydrogen) atoms. The number of thiazole rings is 1. The number of nitrogens with one attached hydrogen (secondary N) is 3. The number of aromatic amines is 1. The number of aromatic hydroxyl groups is 2. The van der Waals surface area contributed by atoms with Gasteiger partial charge in [-0.1, -0.05) is 5.16 Å². The maximum absolute atomic E-state index is 13.2. The molecular formula is C27H25N7O11S2. The number of pyridine rings is 1. The Bertz CT molecular complexity index is 1980. The Hall–Kier alpha value is -5.63. The molecule has 1 saturated heterocycles. The fourth-order valence-electron chi connectivity index (χ4n) is 4.51. The molecule has 0 aliphatic carbocycles. The highest BCUT2D eigenvalue weighted by molar-refractivity contribution is 8.00. The van der Waals surface area contributed by atoms with Crippen molar-refractivity contribution in [2.75, 3.05) is 18.0 Å². The van der Waals surface area contributed by atoms with Crippen LogP contribution < -0.4 is 21.8 Å². The number of oxime groups is 1. The monoisotopic (exact) mass is 687 g/mol. The number of nitrogen functional groups attached to an aromatic ring is 1. The van der Waals surface area contributed by atoms with Crippen LogP contribution in [0.1, 0.15) is 30.0 Å². The van der Waals surface area contributed by atoms with E-state index in [1.54, 1.807) is 0 Å². The highest BCUT2D eigenvalue weighted by atomic mass is 32.2. The topological polar surface area (TPSA) is 287 Å². The third kappa shape index (κ3) is 6.27. The van der Waals surface area contributed by atoms with E-state index in [1.165, 1.54) is 19.2 Å². The molecule has 18 nitrogen and oxygen atoms in total.